The summed E-state index contributed by atoms with van der Waals surface area (Å²) in [7, 11) is -2.49. The number of benzene rings is 1. The number of sulfonamides is 1. The number of rotatable bonds is 2. The van der Waals surface area contributed by atoms with Crippen LogP contribution in [-0.4, -0.2) is 31.5 Å². The molecule has 152 valence electrons. The third-order valence-electron chi connectivity index (χ3n) is 4.25. The summed E-state index contributed by atoms with van der Waals surface area (Å²) in [5, 5.41) is 0.108. The molecule has 2 aromatic rings. The molecule has 0 aliphatic carbocycles. The number of aliphatic imine (C=N–C) groups is 1. The Morgan fingerprint density at radius 1 is 1.29 bits per heavy atom. The maximum Gasteiger partial charge on any atom is 0.416 e. The van der Waals surface area contributed by atoms with E-state index in [4.69, 9.17) is 17.3 Å². The van der Waals surface area contributed by atoms with Crippen LogP contribution in [-0.2, 0) is 21.7 Å². The zero-order valence-electron chi connectivity index (χ0n) is 14.5. The highest BCUT2D eigenvalue weighted by Gasteiger charge is 2.42. The second kappa shape index (κ2) is 6.60. The Morgan fingerprint density at radius 3 is 2.50 bits per heavy atom. The van der Waals surface area contributed by atoms with Crippen molar-refractivity contribution in [3.05, 3.63) is 45.5 Å². The molecule has 0 spiro atoms. The smallest absolute Gasteiger partial charge is 0.369 e. The van der Waals surface area contributed by atoms with E-state index in [1.54, 1.807) is 0 Å². The van der Waals surface area contributed by atoms with Gasteiger partial charge in [-0.05, 0) is 36.8 Å². The molecular weight excluding hydrogens is 442 g/mol. The molecule has 0 bridgehead atoms. The Morgan fingerprint density at radius 2 is 1.93 bits per heavy atom. The van der Waals surface area contributed by atoms with Crippen LogP contribution in [0.3, 0.4) is 0 Å². The molecule has 1 aromatic heterocycles. The van der Waals surface area contributed by atoms with E-state index in [9.17, 15) is 26.0 Å². The largest absolute Gasteiger partial charge is 0.416 e. The van der Waals surface area contributed by atoms with E-state index in [0.29, 0.717) is 10.9 Å². The number of alkyl halides is 3. The lowest BCUT2D eigenvalue weighted by Crippen LogP contribution is -2.50. The summed E-state index contributed by atoms with van der Waals surface area (Å²) in [6.07, 6.45) is -4.71. The van der Waals surface area contributed by atoms with Gasteiger partial charge in [-0.3, -0.25) is 0 Å². The average Bonchev–Trinajstić information content (AvgIpc) is 2.93. The van der Waals surface area contributed by atoms with Gasteiger partial charge in [0.1, 0.15) is 11.4 Å². The van der Waals surface area contributed by atoms with Crippen molar-refractivity contribution in [1.29, 1.82) is 0 Å². The van der Waals surface area contributed by atoms with Crippen molar-refractivity contribution in [2.45, 2.75) is 18.6 Å². The van der Waals surface area contributed by atoms with Crippen molar-refractivity contribution in [3.8, 4) is 10.4 Å². The predicted molar refractivity (Wildman–Crippen MR) is 100 cm³/mol. The zero-order valence-corrected chi connectivity index (χ0v) is 16.9. The van der Waals surface area contributed by atoms with Crippen LogP contribution in [0, 0.1) is 5.82 Å². The summed E-state index contributed by atoms with van der Waals surface area (Å²) >= 11 is 7.18. The number of hydrogen-bond donors (Lipinski definition) is 1. The number of nitrogens with two attached hydrogens (primary N) is 1. The van der Waals surface area contributed by atoms with Crippen LogP contribution in [0.15, 0.2) is 29.3 Å². The molecule has 0 fully saturated rings. The first-order valence-corrected chi connectivity index (χ1v) is 10.5. The molecule has 28 heavy (non-hydrogen) atoms. The predicted octanol–water partition coefficient (Wildman–Crippen LogP) is 4.03. The van der Waals surface area contributed by atoms with E-state index in [1.807, 2.05) is 0 Å². The second-order valence-electron chi connectivity index (χ2n) is 6.48. The normalized spacial score (nSPS) is 22.2. The van der Waals surface area contributed by atoms with Crippen molar-refractivity contribution in [3.63, 3.8) is 0 Å². The molecule has 3 rings (SSSR count). The lowest BCUT2D eigenvalue weighted by Gasteiger charge is -2.33. The minimum absolute atomic E-state index is 0.0261. The minimum Gasteiger partial charge on any atom is -0.369 e. The molecule has 2 N–H and O–H groups in total. The highest BCUT2D eigenvalue weighted by molar-refractivity contribution is 7.89. The van der Waals surface area contributed by atoms with Gasteiger partial charge < -0.3 is 5.73 Å². The third kappa shape index (κ3) is 3.70. The van der Waals surface area contributed by atoms with Crippen molar-refractivity contribution in [1.82, 2.24) is 4.31 Å². The first kappa shape index (κ1) is 20.9. The van der Waals surface area contributed by atoms with Gasteiger partial charge in [-0.25, -0.2) is 22.1 Å². The number of thiophene rings is 1. The number of nitrogens with zero attached hydrogens (tertiary/aromatic N) is 2. The molecule has 0 saturated carbocycles. The van der Waals surface area contributed by atoms with Crippen LogP contribution in [0.2, 0.25) is 5.02 Å². The van der Waals surface area contributed by atoms with Crippen molar-refractivity contribution in [2.75, 3.05) is 12.8 Å². The standard InChI is InChI=1S/C16H14ClF4N3O2S2/c1-15(7-28(25,26)24(2)14(22)23-15)13-11(17)6-12(27-13)8-3-9(16(19,20)21)5-10(18)4-8/h3-6H,7H2,1-2H3,(H2,22,23)/t15-/m0/s1. The topological polar surface area (TPSA) is 75.8 Å². The molecule has 1 atom stereocenters. The van der Waals surface area contributed by atoms with Gasteiger partial charge >= 0.3 is 6.18 Å². The van der Waals surface area contributed by atoms with Crippen LogP contribution in [0.1, 0.15) is 17.4 Å². The molecule has 0 radical (unpaired) electrons. The van der Waals surface area contributed by atoms with Gasteiger partial charge in [0.25, 0.3) is 0 Å². The van der Waals surface area contributed by atoms with E-state index < -0.39 is 38.9 Å². The van der Waals surface area contributed by atoms with E-state index in [0.717, 1.165) is 27.8 Å². The zero-order chi connectivity index (χ0) is 21.1. The highest BCUT2D eigenvalue weighted by atomic mass is 35.5. The third-order valence-corrected chi connectivity index (χ3v) is 8.05. The fourth-order valence-corrected chi connectivity index (χ4v) is 5.99. The summed E-state index contributed by atoms with van der Waals surface area (Å²) < 4.78 is 78.1. The summed E-state index contributed by atoms with van der Waals surface area (Å²) in [5.41, 5.74) is 3.22. The van der Waals surface area contributed by atoms with Crippen molar-refractivity contribution >= 4 is 38.9 Å². The van der Waals surface area contributed by atoms with Gasteiger partial charge in [-0.15, -0.1) is 11.3 Å². The lowest BCUT2D eigenvalue weighted by molar-refractivity contribution is -0.137. The Kier molecular flexibility index (Phi) is 4.92. The summed E-state index contributed by atoms with van der Waals surface area (Å²) in [6, 6.07) is 3.51. The molecular formula is C16H14ClF4N3O2S2. The summed E-state index contributed by atoms with van der Waals surface area (Å²) in [4.78, 5) is 4.77. The van der Waals surface area contributed by atoms with Crippen LogP contribution in [0.5, 0.6) is 0 Å². The quantitative estimate of drug-likeness (QED) is 0.694. The molecule has 0 saturated heterocycles. The van der Waals surface area contributed by atoms with Crippen LogP contribution >= 0.6 is 22.9 Å². The number of guanidine groups is 1. The first-order chi connectivity index (χ1) is 12.7. The molecule has 5 nitrogen and oxygen atoms in total. The van der Waals surface area contributed by atoms with E-state index in [1.165, 1.54) is 20.0 Å². The van der Waals surface area contributed by atoms with Crippen molar-refractivity contribution < 1.29 is 26.0 Å². The van der Waals surface area contributed by atoms with Crippen LogP contribution in [0.4, 0.5) is 17.6 Å². The maximum absolute atomic E-state index is 13.7. The SMILES string of the molecule is CN1C(N)=N[C@](C)(c2sc(-c3cc(F)cc(C(F)(F)F)c3)cc2Cl)CS1(=O)=O. The molecule has 12 heteroatoms. The monoisotopic (exact) mass is 455 g/mol. The van der Waals surface area contributed by atoms with Crippen molar-refractivity contribution in [2.24, 2.45) is 10.7 Å². The van der Waals surface area contributed by atoms with E-state index in [-0.39, 0.29) is 21.4 Å². The van der Waals surface area contributed by atoms with Crippen LogP contribution < -0.4 is 5.73 Å². The molecule has 2 heterocycles. The second-order valence-corrected chi connectivity index (χ2v) is 9.94. The average molecular weight is 456 g/mol. The Hall–Kier alpha value is -1.85. The number of halogens is 5. The van der Waals surface area contributed by atoms with Crippen LogP contribution in [0.25, 0.3) is 10.4 Å². The molecule has 0 unspecified atom stereocenters. The van der Waals surface area contributed by atoms with Gasteiger partial charge in [0.15, 0.2) is 0 Å². The lowest BCUT2D eigenvalue weighted by atomic mass is 10.0. The van der Waals surface area contributed by atoms with Gasteiger partial charge in [0.05, 0.1) is 21.2 Å². The van der Waals surface area contributed by atoms with Gasteiger partial charge in [0, 0.05) is 11.9 Å². The molecule has 1 aromatic carbocycles. The fraction of sp³-hybridized carbons (Fsp3) is 0.312. The Balaban J connectivity index is 2.12. The van der Waals surface area contributed by atoms with Gasteiger partial charge in [0.2, 0.25) is 16.0 Å². The Bertz CT molecular complexity index is 1080. The van der Waals surface area contributed by atoms with Gasteiger partial charge in [-0.2, -0.15) is 13.2 Å². The first-order valence-electron chi connectivity index (χ1n) is 7.73. The fourth-order valence-electron chi connectivity index (χ4n) is 2.84. The maximum atomic E-state index is 13.7. The molecule has 1 aliphatic rings. The van der Waals surface area contributed by atoms with E-state index >= 15 is 0 Å². The Labute approximate surface area is 167 Å². The van der Waals surface area contributed by atoms with Gasteiger partial charge in [-0.1, -0.05) is 11.6 Å². The van der Waals surface area contributed by atoms with E-state index in [2.05, 4.69) is 4.99 Å². The highest BCUT2D eigenvalue weighted by Crippen LogP contribution is 2.45. The number of hydrogen-bond acceptors (Lipinski definition) is 5. The minimum atomic E-state index is -4.71. The molecule has 0 amide bonds. The summed E-state index contributed by atoms with van der Waals surface area (Å²) in [6.45, 7) is 1.51. The summed E-state index contributed by atoms with van der Waals surface area (Å²) in [5.74, 6) is -1.70. The molecule has 1 aliphatic heterocycles.